The van der Waals surface area contributed by atoms with E-state index >= 15 is 0 Å². The number of ether oxygens (including phenoxy) is 1. The van der Waals surface area contributed by atoms with Crippen LogP contribution in [0.2, 0.25) is 5.02 Å². The van der Waals surface area contributed by atoms with Gasteiger partial charge in [-0.15, -0.1) is 17.5 Å². The number of aromatic nitrogens is 3. The van der Waals surface area contributed by atoms with Gasteiger partial charge in [-0.3, -0.25) is 0 Å². The van der Waals surface area contributed by atoms with Gasteiger partial charge in [-0.05, 0) is 74.3 Å². The molecule has 0 radical (unpaired) electrons. The Hall–Kier alpha value is -2.31. The molecule has 5 nitrogen and oxygen atoms in total. The molecule has 2 aliphatic rings. The van der Waals surface area contributed by atoms with Crippen molar-refractivity contribution in [2.75, 3.05) is 18.6 Å². The third kappa shape index (κ3) is 5.50. The molecule has 8 heteroatoms. The first-order valence-electron chi connectivity index (χ1n) is 12.7. The number of hydrogen-bond donors (Lipinski definition) is 0. The predicted octanol–water partition coefficient (Wildman–Crippen LogP) is 7.74. The van der Waals surface area contributed by atoms with Gasteiger partial charge in [0.25, 0.3) is 0 Å². The predicted molar refractivity (Wildman–Crippen MR) is 146 cm³/mol. The summed E-state index contributed by atoms with van der Waals surface area (Å²) in [7, 11) is 1.65. The van der Waals surface area contributed by atoms with Crippen LogP contribution in [0.5, 0.6) is 5.75 Å². The lowest BCUT2D eigenvalue weighted by Gasteiger charge is -2.31. The molecule has 194 valence electrons. The SMILES string of the molecule is CCCN(c1nc(C2CC2)n(-c2cc(C)c(OC)cc2Cl)n1)C(CC1CC1)c1ccc(C)c(F)c1.Cl. The van der Waals surface area contributed by atoms with Crippen molar-refractivity contribution in [1.82, 2.24) is 14.8 Å². The quantitative estimate of drug-likeness (QED) is 0.267. The molecule has 0 bridgehead atoms. The molecule has 5 rings (SSSR count). The normalized spacial score (nSPS) is 15.9. The number of rotatable bonds is 10. The molecule has 2 saturated carbocycles. The number of benzene rings is 2. The first-order chi connectivity index (χ1) is 16.9. The van der Waals surface area contributed by atoms with E-state index in [9.17, 15) is 4.39 Å². The van der Waals surface area contributed by atoms with Crippen LogP contribution in [0.25, 0.3) is 5.69 Å². The maximum absolute atomic E-state index is 14.6. The standard InChI is InChI=1S/C28H34ClFN4O.ClH/c1-5-12-33(24(14-19-7-8-19)21-9-6-17(2)23(30)15-21)28-31-27(20-10-11-20)34(32-28)25-13-18(3)26(35-4)16-22(25)29;/h6,9,13,15-16,19-20,24H,5,7-8,10-12,14H2,1-4H3;1H. The molecule has 0 spiro atoms. The minimum Gasteiger partial charge on any atom is -0.496 e. The third-order valence-electron chi connectivity index (χ3n) is 7.19. The van der Waals surface area contributed by atoms with E-state index in [0.29, 0.717) is 28.4 Å². The number of methoxy groups -OCH3 is 1. The number of hydrogen-bond acceptors (Lipinski definition) is 4. The molecule has 0 N–H and O–H groups in total. The smallest absolute Gasteiger partial charge is 0.245 e. The van der Waals surface area contributed by atoms with Crippen molar-refractivity contribution >= 4 is 30.0 Å². The van der Waals surface area contributed by atoms with Gasteiger partial charge in [-0.1, -0.05) is 43.5 Å². The summed E-state index contributed by atoms with van der Waals surface area (Å²) in [4.78, 5) is 7.38. The summed E-state index contributed by atoms with van der Waals surface area (Å²) < 4.78 is 22.0. The zero-order valence-electron chi connectivity index (χ0n) is 21.4. The van der Waals surface area contributed by atoms with E-state index < -0.39 is 0 Å². The van der Waals surface area contributed by atoms with Gasteiger partial charge in [0, 0.05) is 18.5 Å². The van der Waals surface area contributed by atoms with Crippen LogP contribution in [0.1, 0.15) is 79.9 Å². The topological polar surface area (TPSA) is 43.2 Å². The highest BCUT2D eigenvalue weighted by Crippen LogP contribution is 2.44. The van der Waals surface area contributed by atoms with E-state index in [1.165, 1.54) is 12.8 Å². The lowest BCUT2D eigenvalue weighted by atomic mass is 9.98. The molecule has 2 fully saturated rings. The Morgan fingerprint density at radius 2 is 1.89 bits per heavy atom. The third-order valence-corrected chi connectivity index (χ3v) is 7.49. The summed E-state index contributed by atoms with van der Waals surface area (Å²) >= 11 is 6.71. The molecular weight excluding hydrogens is 498 g/mol. The number of anilines is 1. The highest BCUT2D eigenvalue weighted by Gasteiger charge is 2.35. The highest BCUT2D eigenvalue weighted by atomic mass is 35.5. The number of aryl methyl sites for hydroxylation is 2. The van der Waals surface area contributed by atoms with Crippen LogP contribution in [0, 0.1) is 25.6 Å². The summed E-state index contributed by atoms with van der Waals surface area (Å²) in [5, 5.41) is 5.63. The molecular formula is C28H35Cl2FN4O. The van der Waals surface area contributed by atoms with E-state index in [0.717, 1.165) is 60.6 Å². The second-order valence-corrected chi connectivity index (χ2v) is 10.5. The Labute approximate surface area is 224 Å². The summed E-state index contributed by atoms with van der Waals surface area (Å²) in [5.74, 6) is 3.31. The molecule has 0 aliphatic heterocycles. The highest BCUT2D eigenvalue weighted by molar-refractivity contribution is 6.32. The van der Waals surface area contributed by atoms with Gasteiger partial charge in [0.2, 0.25) is 5.95 Å². The molecule has 0 saturated heterocycles. The maximum atomic E-state index is 14.6. The largest absolute Gasteiger partial charge is 0.496 e. The summed E-state index contributed by atoms with van der Waals surface area (Å²) in [6, 6.07) is 9.56. The molecule has 1 atom stereocenters. The van der Waals surface area contributed by atoms with Crippen molar-refractivity contribution in [3.63, 3.8) is 0 Å². The Kier molecular flexibility index (Phi) is 8.15. The fourth-order valence-corrected chi connectivity index (χ4v) is 5.05. The monoisotopic (exact) mass is 532 g/mol. The zero-order valence-corrected chi connectivity index (χ0v) is 23.0. The van der Waals surface area contributed by atoms with Gasteiger partial charge in [0.05, 0.1) is 23.9 Å². The Morgan fingerprint density at radius 3 is 2.50 bits per heavy atom. The molecule has 2 aromatic carbocycles. The Balaban J connectivity index is 0.00000304. The van der Waals surface area contributed by atoms with Crippen molar-refractivity contribution in [3.05, 3.63) is 63.7 Å². The summed E-state index contributed by atoms with van der Waals surface area (Å²) in [6.07, 6.45) is 6.62. The van der Waals surface area contributed by atoms with Gasteiger partial charge in [-0.2, -0.15) is 4.98 Å². The second-order valence-electron chi connectivity index (χ2n) is 10.1. The van der Waals surface area contributed by atoms with Crippen LogP contribution in [-0.4, -0.2) is 28.4 Å². The lowest BCUT2D eigenvalue weighted by Crippen LogP contribution is -2.31. The van der Waals surface area contributed by atoms with Gasteiger partial charge >= 0.3 is 0 Å². The summed E-state index contributed by atoms with van der Waals surface area (Å²) in [5.41, 5.74) is 3.49. The average molecular weight is 534 g/mol. The molecule has 1 aromatic heterocycles. The van der Waals surface area contributed by atoms with Gasteiger partial charge < -0.3 is 9.64 Å². The summed E-state index contributed by atoms with van der Waals surface area (Å²) in [6.45, 7) is 6.79. The van der Waals surface area contributed by atoms with Crippen LogP contribution in [-0.2, 0) is 0 Å². The van der Waals surface area contributed by atoms with E-state index in [2.05, 4.69) is 17.9 Å². The van der Waals surface area contributed by atoms with Crippen molar-refractivity contribution < 1.29 is 9.13 Å². The maximum Gasteiger partial charge on any atom is 0.245 e. The molecule has 0 amide bonds. The van der Waals surface area contributed by atoms with Crippen LogP contribution < -0.4 is 9.64 Å². The fraction of sp³-hybridized carbons (Fsp3) is 0.500. The van der Waals surface area contributed by atoms with Gasteiger partial charge in [0.15, 0.2) is 0 Å². The van der Waals surface area contributed by atoms with Crippen LogP contribution in [0.4, 0.5) is 10.3 Å². The van der Waals surface area contributed by atoms with Crippen LogP contribution in [0.3, 0.4) is 0 Å². The molecule has 2 aliphatic carbocycles. The van der Waals surface area contributed by atoms with Crippen molar-refractivity contribution in [2.45, 2.75) is 71.3 Å². The van der Waals surface area contributed by atoms with Crippen LogP contribution in [0.15, 0.2) is 30.3 Å². The molecule has 36 heavy (non-hydrogen) atoms. The minimum atomic E-state index is -0.155. The minimum absolute atomic E-state index is 0. The fourth-order valence-electron chi connectivity index (χ4n) is 4.81. The second kappa shape index (κ2) is 11.0. The number of nitrogens with zero attached hydrogens (tertiary/aromatic N) is 4. The first-order valence-corrected chi connectivity index (χ1v) is 13.1. The Morgan fingerprint density at radius 1 is 1.14 bits per heavy atom. The van der Waals surface area contributed by atoms with Gasteiger partial charge in [0.1, 0.15) is 17.4 Å². The first kappa shape index (κ1) is 26.7. The average Bonchev–Trinajstić information content (AvgIpc) is 3.78. The van der Waals surface area contributed by atoms with E-state index in [1.807, 2.05) is 36.7 Å². The van der Waals surface area contributed by atoms with E-state index in [1.54, 1.807) is 13.2 Å². The number of halogens is 3. The molecule has 1 heterocycles. The van der Waals surface area contributed by atoms with Crippen LogP contribution >= 0.6 is 24.0 Å². The van der Waals surface area contributed by atoms with Crippen molar-refractivity contribution in [1.29, 1.82) is 0 Å². The van der Waals surface area contributed by atoms with E-state index in [-0.39, 0.29) is 24.3 Å². The Bertz CT molecular complexity index is 1220. The van der Waals surface area contributed by atoms with Crippen molar-refractivity contribution in [2.24, 2.45) is 5.92 Å². The lowest BCUT2D eigenvalue weighted by molar-refractivity contribution is 0.411. The zero-order chi connectivity index (χ0) is 24.7. The van der Waals surface area contributed by atoms with Crippen molar-refractivity contribution in [3.8, 4) is 11.4 Å². The van der Waals surface area contributed by atoms with E-state index in [4.69, 9.17) is 26.4 Å². The molecule has 1 unspecified atom stereocenters. The van der Waals surface area contributed by atoms with Gasteiger partial charge in [-0.25, -0.2) is 9.07 Å². The molecule has 3 aromatic rings.